The van der Waals surface area contributed by atoms with Crippen molar-refractivity contribution in [2.45, 2.75) is 19.8 Å². The van der Waals surface area contributed by atoms with Gasteiger partial charge in [-0.15, -0.1) is 0 Å². The normalized spacial score (nSPS) is 27.3. The average molecular weight is 157 g/mol. The summed E-state index contributed by atoms with van der Waals surface area (Å²) in [4.78, 5) is 0. The van der Waals surface area contributed by atoms with Crippen molar-refractivity contribution in [2.24, 2.45) is 11.8 Å². The van der Waals surface area contributed by atoms with E-state index in [4.69, 9.17) is 4.74 Å². The van der Waals surface area contributed by atoms with E-state index in [1.165, 1.54) is 12.8 Å². The predicted molar refractivity (Wildman–Crippen MR) is 46.6 cm³/mol. The third-order valence-corrected chi connectivity index (χ3v) is 2.62. The summed E-state index contributed by atoms with van der Waals surface area (Å²) in [6, 6.07) is 0. The van der Waals surface area contributed by atoms with Gasteiger partial charge in [-0.1, -0.05) is 13.3 Å². The topological polar surface area (TPSA) is 21.3 Å². The molecular weight excluding hydrogens is 138 g/mol. The minimum Gasteiger partial charge on any atom is -0.381 e. The zero-order chi connectivity index (χ0) is 8.10. The van der Waals surface area contributed by atoms with E-state index in [-0.39, 0.29) is 0 Å². The van der Waals surface area contributed by atoms with Gasteiger partial charge in [-0.3, -0.25) is 0 Å². The first-order valence-corrected chi connectivity index (χ1v) is 4.60. The Morgan fingerprint density at radius 3 is 2.91 bits per heavy atom. The molecule has 0 bridgehead atoms. The Bertz CT molecular complexity index is 99.7. The largest absolute Gasteiger partial charge is 0.381 e. The second-order valence-electron chi connectivity index (χ2n) is 3.35. The monoisotopic (exact) mass is 157 g/mol. The van der Waals surface area contributed by atoms with Gasteiger partial charge in [-0.2, -0.15) is 0 Å². The van der Waals surface area contributed by atoms with Crippen LogP contribution in [-0.4, -0.2) is 26.8 Å². The first-order valence-electron chi connectivity index (χ1n) is 4.60. The second kappa shape index (κ2) is 4.73. The summed E-state index contributed by atoms with van der Waals surface area (Å²) in [6.07, 6.45) is 2.54. The highest BCUT2D eigenvalue weighted by Gasteiger charge is 2.23. The minimum atomic E-state index is 0.812. The molecule has 2 unspecified atom stereocenters. The van der Waals surface area contributed by atoms with Gasteiger partial charge in [-0.05, 0) is 31.8 Å². The van der Waals surface area contributed by atoms with Crippen LogP contribution in [0.25, 0.3) is 0 Å². The molecule has 0 aromatic rings. The third-order valence-electron chi connectivity index (χ3n) is 2.62. The Kier molecular flexibility index (Phi) is 3.87. The van der Waals surface area contributed by atoms with E-state index >= 15 is 0 Å². The van der Waals surface area contributed by atoms with Crippen LogP contribution >= 0.6 is 0 Å². The van der Waals surface area contributed by atoms with E-state index < -0.39 is 0 Å². The number of hydrogen-bond donors (Lipinski definition) is 1. The summed E-state index contributed by atoms with van der Waals surface area (Å²) < 4.78 is 5.36. The Balaban J connectivity index is 2.27. The molecule has 2 atom stereocenters. The number of nitrogens with one attached hydrogen (secondary N) is 1. The maximum Gasteiger partial charge on any atom is 0.0498 e. The summed E-state index contributed by atoms with van der Waals surface area (Å²) in [5, 5.41) is 3.24. The summed E-state index contributed by atoms with van der Waals surface area (Å²) in [5.74, 6) is 1.63. The molecule has 0 radical (unpaired) electrons. The van der Waals surface area contributed by atoms with Crippen molar-refractivity contribution in [3.8, 4) is 0 Å². The molecule has 1 saturated heterocycles. The SMILES string of the molecule is CCC(CNC)C1CCOC1. The fourth-order valence-electron chi connectivity index (χ4n) is 1.83. The van der Waals surface area contributed by atoms with E-state index in [0.29, 0.717) is 0 Å². The van der Waals surface area contributed by atoms with Crippen molar-refractivity contribution in [1.29, 1.82) is 0 Å². The fraction of sp³-hybridized carbons (Fsp3) is 1.00. The Morgan fingerprint density at radius 1 is 1.64 bits per heavy atom. The summed E-state index contributed by atoms with van der Waals surface area (Å²) in [6.45, 7) is 5.37. The van der Waals surface area contributed by atoms with Crippen LogP contribution in [0.15, 0.2) is 0 Å². The molecular formula is C9H19NO. The smallest absolute Gasteiger partial charge is 0.0498 e. The van der Waals surface area contributed by atoms with Crippen molar-refractivity contribution in [3.63, 3.8) is 0 Å². The van der Waals surface area contributed by atoms with Gasteiger partial charge in [0.15, 0.2) is 0 Å². The highest BCUT2D eigenvalue weighted by atomic mass is 16.5. The number of hydrogen-bond acceptors (Lipinski definition) is 2. The standard InChI is InChI=1S/C9H19NO/c1-3-8(6-10-2)9-4-5-11-7-9/h8-10H,3-7H2,1-2H3. The van der Waals surface area contributed by atoms with Gasteiger partial charge < -0.3 is 10.1 Å². The van der Waals surface area contributed by atoms with Crippen LogP contribution in [0.3, 0.4) is 0 Å². The maximum absolute atomic E-state index is 5.36. The first-order chi connectivity index (χ1) is 5.38. The van der Waals surface area contributed by atoms with Crippen LogP contribution in [0, 0.1) is 11.8 Å². The van der Waals surface area contributed by atoms with Gasteiger partial charge in [0.1, 0.15) is 0 Å². The van der Waals surface area contributed by atoms with Crippen LogP contribution in [-0.2, 0) is 4.74 Å². The van der Waals surface area contributed by atoms with Crippen molar-refractivity contribution in [3.05, 3.63) is 0 Å². The molecule has 11 heavy (non-hydrogen) atoms. The lowest BCUT2D eigenvalue weighted by Gasteiger charge is -2.19. The summed E-state index contributed by atoms with van der Waals surface area (Å²) in [5.41, 5.74) is 0. The van der Waals surface area contributed by atoms with Gasteiger partial charge in [0.05, 0.1) is 0 Å². The minimum absolute atomic E-state index is 0.812. The van der Waals surface area contributed by atoms with Crippen LogP contribution in [0.1, 0.15) is 19.8 Å². The highest BCUT2D eigenvalue weighted by Crippen LogP contribution is 2.23. The van der Waals surface area contributed by atoms with Gasteiger partial charge in [0.2, 0.25) is 0 Å². The maximum atomic E-state index is 5.36. The number of rotatable bonds is 4. The van der Waals surface area contributed by atoms with E-state index in [9.17, 15) is 0 Å². The molecule has 1 aliphatic rings. The quantitative estimate of drug-likeness (QED) is 0.663. The van der Waals surface area contributed by atoms with Crippen LogP contribution < -0.4 is 5.32 Å². The van der Waals surface area contributed by atoms with Gasteiger partial charge in [0, 0.05) is 13.2 Å². The molecule has 1 aliphatic heterocycles. The highest BCUT2D eigenvalue weighted by molar-refractivity contribution is 4.73. The van der Waals surface area contributed by atoms with Gasteiger partial charge in [0.25, 0.3) is 0 Å². The zero-order valence-electron chi connectivity index (χ0n) is 7.60. The molecule has 2 nitrogen and oxygen atoms in total. The Labute approximate surface area is 69.3 Å². The lowest BCUT2D eigenvalue weighted by Crippen LogP contribution is -2.25. The molecule has 0 aromatic carbocycles. The van der Waals surface area contributed by atoms with E-state index in [2.05, 4.69) is 12.2 Å². The molecule has 0 aromatic heterocycles. The van der Waals surface area contributed by atoms with Crippen LogP contribution in [0.4, 0.5) is 0 Å². The molecule has 0 amide bonds. The molecule has 0 spiro atoms. The van der Waals surface area contributed by atoms with Crippen LogP contribution in [0.5, 0.6) is 0 Å². The molecule has 66 valence electrons. The lowest BCUT2D eigenvalue weighted by molar-refractivity contribution is 0.170. The Morgan fingerprint density at radius 2 is 2.45 bits per heavy atom. The predicted octanol–water partition coefficient (Wildman–Crippen LogP) is 1.27. The molecule has 0 aliphatic carbocycles. The van der Waals surface area contributed by atoms with E-state index in [0.717, 1.165) is 31.6 Å². The van der Waals surface area contributed by atoms with Crippen LogP contribution in [0.2, 0.25) is 0 Å². The lowest BCUT2D eigenvalue weighted by atomic mass is 9.89. The number of ether oxygens (including phenoxy) is 1. The zero-order valence-corrected chi connectivity index (χ0v) is 7.60. The molecule has 0 saturated carbocycles. The summed E-state index contributed by atoms with van der Waals surface area (Å²) >= 11 is 0. The van der Waals surface area contributed by atoms with Crippen molar-refractivity contribution >= 4 is 0 Å². The van der Waals surface area contributed by atoms with Crippen molar-refractivity contribution in [2.75, 3.05) is 26.8 Å². The van der Waals surface area contributed by atoms with Gasteiger partial charge >= 0.3 is 0 Å². The van der Waals surface area contributed by atoms with E-state index in [1.807, 2.05) is 7.05 Å². The molecule has 2 heteroatoms. The molecule has 1 fully saturated rings. The fourth-order valence-corrected chi connectivity index (χ4v) is 1.83. The first kappa shape index (κ1) is 9.01. The Hall–Kier alpha value is -0.0800. The van der Waals surface area contributed by atoms with E-state index in [1.54, 1.807) is 0 Å². The average Bonchev–Trinajstić information content (AvgIpc) is 2.52. The molecule has 1 rings (SSSR count). The molecule has 1 heterocycles. The third kappa shape index (κ3) is 2.46. The molecule has 1 N–H and O–H groups in total. The summed E-state index contributed by atoms with van der Waals surface area (Å²) in [7, 11) is 2.03. The second-order valence-corrected chi connectivity index (χ2v) is 3.35. The van der Waals surface area contributed by atoms with Crippen molar-refractivity contribution in [1.82, 2.24) is 5.32 Å². The van der Waals surface area contributed by atoms with Crippen molar-refractivity contribution < 1.29 is 4.74 Å². The van der Waals surface area contributed by atoms with Gasteiger partial charge in [-0.25, -0.2) is 0 Å².